The van der Waals surface area contributed by atoms with Crippen LogP contribution in [0, 0.1) is 5.82 Å². The van der Waals surface area contributed by atoms with Gasteiger partial charge >= 0.3 is 0 Å². The van der Waals surface area contributed by atoms with E-state index >= 15 is 0 Å². The predicted octanol–water partition coefficient (Wildman–Crippen LogP) is 2.61. The maximum absolute atomic E-state index is 14.0. The minimum Gasteiger partial charge on any atom is -0.354 e. The van der Waals surface area contributed by atoms with Crippen molar-refractivity contribution in [2.24, 2.45) is 0 Å². The standard InChI is InChI=1S/C15H17FN4/c1-2-17-15-18-9-13(16)14(19-15)20-8-7-11-5-3-4-6-12(11)10-20/h3-6,9H,2,7-8,10H2,1H3,(H,17,18,19). The lowest BCUT2D eigenvalue weighted by molar-refractivity contribution is 0.594. The lowest BCUT2D eigenvalue weighted by Gasteiger charge is -2.30. The summed E-state index contributed by atoms with van der Waals surface area (Å²) in [6.07, 6.45) is 2.15. The van der Waals surface area contributed by atoms with Crippen molar-refractivity contribution in [1.82, 2.24) is 9.97 Å². The van der Waals surface area contributed by atoms with Crippen molar-refractivity contribution in [2.45, 2.75) is 19.9 Å². The summed E-state index contributed by atoms with van der Waals surface area (Å²) < 4.78 is 14.0. The molecule has 0 unspecified atom stereocenters. The molecule has 1 aliphatic rings. The summed E-state index contributed by atoms with van der Waals surface area (Å²) in [5.74, 6) is 0.485. The van der Waals surface area contributed by atoms with Crippen molar-refractivity contribution >= 4 is 11.8 Å². The number of fused-ring (bicyclic) bond motifs is 1. The first kappa shape index (κ1) is 12.8. The first-order valence-electron chi connectivity index (χ1n) is 6.86. The topological polar surface area (TPSA) is 41.1 Å². The number of halogens is 1. The quantitative estimate of drug-likeness (QED) is 0.932. The van der Waals surface area contributed by atoms with Gasteiger partial charge in [-0.05, 0) is 24.5 Å². The zero-order valence-electron chi connectivity index (χ0n) is 11.4. The fourth-order valence-corrected chi connectivity index (χ4v) is 2.50. The van der Waals surface area contributed by atoms with Crippen molar-refractivity contribution in [3.05, 3.63) is 47.4 Å². The maximum atomic E-state index is 14.0. The number of nitrogens with one attached hydrogen (secondary N) is 1. The largest absolute Gasteiger partial charge is 0.354 e. The van der Waals surface area contributed by atoms with Crippen LogP contribution in [0.3, 0.4) is 0 Å². The second kappa shape index (κ2) is 5.45. The molecule has 0 bridgehead atoms. The summed E-state index contributed by atoms with van der Waals surface area (Å²) in [5.41, 5.74) is 2.58. The summed E-state index contributed by atoms with van der Waals surface area (Å²) in [7, 11) is 0. The molecule has 3 rings (SSSR count). The van der Waals surface area contributed by atoms with Gasteiger partial charge in [0.05, 0.1) is 6.20 Å². The van der Waals surface area contributed by atoms with E-state index < -0.39 is 0 Å². The Kier molecular flexibility index (Phi) is 3.50. The number of hydrogen-bond donors (Lipinski definition) is 1. The van der Waals surface area contributed by atoms with Gasteiger partial charge in [-0.3, -0.25) is 0 Å². The minimum absolute atomic E-state index is 0.369. The van der Waals surface area contributed by atoms with Crippen LogP contribution in [0.15, 0.2) is 30.5 Å². The van der Waals surface area contributed by atoms with Crippen LogP contribution in [-0.2, 0) is 13.0 Å². The third-order valence-corrected chi connectivity index (χ3v) is 3.49. The Hall–Kier alpha value is -2.17. The lowest BCUT2D eigenvalue weighted by atomic mass is 10.00. The third kappa shape index (κ3) is 2.43. The van der Waals surface area contributed by atoms with Crippen molar-refractivity contribution < 1.29 is 4.39 Å². The van der Waals surface area contributed by atoms with Gasteiger partial charge in [-0.15, -0.1) is 0 Å². The van der Waals surface area contributed by atoms with Gasteiger partial charge < -0.3 is 10.2 Å². The van der Waals surface area contributed by atoms with E-state index in [1.807, 2.05) is 24.0 Å². The molecule has 104 valence electrons. The van der Waals surface area contributed by atoms with Gasteiger partial charge in [0.1, 0.15) is 0 Å². The van der Waals surface area contributed by atoms with Crippen molar-refractivity contribution in [2.75, 3.05) is 23.3 Å². The molecule has 2 heterocycles. The molecule has 0 amide bonds. The van der Waals surface area contributed by atoms with E-state index in [0.717, 1.165) is 13.0 Å². The van der Waals surface area contributed by atoms with E-state index in [9.17, 15) is 4.39 Å². The number of rotatable bonds is 3. The van der Waals surface area contributed by atoms with Gasteiger partial charge in [0.15, 0.2) is 11.6 Å². The Labute approximate surface area is 117 Å². The molecule has 1 aliphatic heterocycles. The second-order valence-corrected chi connectivity index (χ2v) is 4.84. The Balaban J connectivity index is 1.89. The molecule has 4 nitrogen and oxygen atoms in total. The molecule has 2 aromatic rings. The van der Waals surface area contributed by atoms with Crippen LogP contribution in [-0.4, -0.2) is 23.1 Å². The molecule has 1 N–H and O–H groups in total. The first-order valence-corrected chi connectivity index (χ1v) is 6.86. The number of hydrogen-bond acceptors (Lipinski definition) is 4. The molecular weight excluding hydrogens is 255 g/mol. The smallest absolute Gasteiger partial charge is 0.224 e. The molecule has 0 saturated carbocycles. The van der Waals surface area contributed by atoms with Crippen LogP contribution in [0.5, 0.6) is 0 Å². The fourth-order valence-electron chi connectivity index (χ4n) is 2.50. The maximum Gasteiger partial charge on any atom is 0.224 e. The van der Waals surface area contributed by atoms with Crippen LogP contribution in [0.2, 0.25) is 0 Å². The van der Waals surface area contributed by atoms with E-state index in [4.69, 9.17) is 0 Å². The monoisotopic (exact) mass is 272 g/mol. The molecular formula is C15H17FN4. The second-order valence-electron chi connectivity index (χ2n) is 4.84. The number of benzene rings is 1. The third-order valence-electron chi connectivity index (χ3n) is 3.49. The predicted molar refractivity (Wildman–Crippen MR) is 77.3 cm³/mol. The Morgan fingerprint density at radius 3 is 2.90 bits per heavy atom. The molecule has 0 spiro atoms. The highest BCUT2D eigenvalue weighted by Crippen LogP contribution is 2.25. The Morgan fingerprint density at radius 1 is 1.30 bits per heavy atom. The van der Waals surface area contributed by atoms with Crippen LogP contribution < -0.4 is 10.2 Å². The molecule has 0 atom stereocenters. The van der Waals surface area contributed by atoms with E-state index in [1.165, 1.54) is 17.3 Å². The zero-order valence-corrected chi connectivity index (χ0v) is 11.4. The fraction of sp³-hybridized carbons (Fsp3) is 0.333. The molecule has 1 aromatic heterocycles. The van der Waals surface area contributed by atoms with Gasteiger partial charge in [-0.25, -0.2) is 9.37 Å². The van der Waals surface area contributed by atoms with Gasteiger partial charge in [-0.2, -0.15) is 4.98 Å². The van der Waals surface area contributed by atoms with Gasteiger partial charge in [0, 0.05) is 19.6 Å². The van der Waals surface area contributed by atoms with Gasteiger partial charge in [0.25, 0.3) is 0 Å². The SMILES string of the molecule is CCNc1ncc(F)c(N2CCc3ccccc3C2)n1. The number of nitrogens with zero attached hydrogens (tertiary/aromatic N) is 3. The van der Waals surface area contributed by atoms with Gasteiger partial charge in [0.2, 0.25) is 5.95 Å². The van der Waals surface area contributed by atoms with Crippen molar-refractivity contribution in [1.29, 1.82) is 0 Å². The summed E-state index contributed by atoms with van der Waals surface area (Å²) in [6.45, 7) is 4.14. The van der Waals surface area contributed by atoms with Crippen LogP contribution in [0.4, 0.5) is 16.2 Å². The molecule has 20 heavy (non-hydrogen) atoms. The van der Waals surface area contributed by atoms with Gasteiger partial charge in [-0.1, -0.05) is 24.3 Å². The minimum atomic E-state index is -0.369. The van der Waals surface area contributed by atoms with E-state index in [0.29, 0.717) is 24.9 Å². The number of anilines is 2. The highest BCUT2D eigenvalue weighted by atomic mass is 19.1. The summed E-state index contributed by atoms with van der Waals surface area (Å²) in [5, 5.41) is 3.02. The molecule has 0 saturated heterocycles. The molecule has 0 radical (unpaired) electrons. The van der Waals surface area contributed by atoms with Crippen LogP contribution in [0.25, 0.3) is 0 Å². The summed E-state index contributed by atoms with van der Waals surface area (Å²) >= 11 is 0. The number of aromatic nitrogens is 2. The molecule has 1 aromatic carbocycles. The Morgan fingerprint density at radius 2 is 2.10 bits per heavy atom. The average Bonchev–Trinajstić information content (AvgIpc) is 2.49. The zero-order chi connectivity index (χ0) is 13.9. The van der Waals surface area contributed by atoms with E-state index in [1.54, 1.807) is 0 Å². The Bertz CT molecular complexity index is 615. The van der Waals surface area contributed by atoms with E-state index in [2.05, 4.69) is 27.4 Å². The summed E-state index contributed by atoms with van der Waals surface area (Å²) in [4.78, 5) is 10.2. The summed E-state index contributed by atoms with van der Waals surface area (Å²) in [6, 6.07) is 8.28. The van der Waals surface area contributed by atoms with Crippen molar-refractivity contribution in [3.8, 4) is 0 Å². The first-order chi connectivity index (χ1) is 9.78. The average molecular weight is 272 g/mol. The van der Waals surface area contributed by atoms with Crippen LogP contribution in [0.1, 0.15) is 18.1 Å². The molecule has 0 aliphatic carbocycles. The normalized spacial score (nSPS) is 14.0. The lowest BCUT2D eigenvalue weighted by Crippen LogP contribution is -2.32. The van der Waals surface area contributed by atoms with Crippen molar-refractivity contribution in [3.63, 3.8) is 0 Å². The highest BCUT2D eigenvalue weighted by molar-refractivity contribution is 5.47. The molecule has 5 heteroatoms. The highest BCUT2D eigenvalue weighted by Gasteiger charge is 2.20. The molecule has 0 fully saturated rings. The van der Waals surface area contributed by atoms with E-state index in [-0.39, 0.29) is 5.82 Å². The van der Waals surface area contributed by atoms with Crippen LogP contribution >= 0.6 is 0 Å².